The largest absolute Gasteiger partial charge is 0.247 e. The van der Waals surface area contributed by atoms with Gasteiger partial charge in [0.1, 0.15) is 0 Å². The van der Waals surface area contributed by atoms with Crippen molar-refractivity contribution in [3.05, 3.63) is 90.5 Å². The smallest absolute Gasteiger partial charge is 0.0788 e. The first-order chi connectivity index (χ1) is 13.8. The molecular formula is C26H17NS. The Hall–Kier alpha value is -3.23. The predicted octanol–water partition coefficient (Wildman–Crippen LogP) is 7.73. The lowest BCUT2D eigenvalue weighted by molar-refractivity contribution is 1.42. The van der Waals surface area contributed by atoms with Gasteiger partial charge in [-0.05, 0) is 30.7 Å². The standard InChI is InChI=1S/C26H17NS/c1-16-15-20-23(24-19-12-6-8-14-22(19)28-26(16)24)18-11-5-7-13-21(18)27-25(20)17-9-3-2-4-10-17/h2-15H,1H3. The molecule has 0 saturated carbocycles. The van der Waals surface area contributed by atoms with Crippen LogP contribution in [0.4, 0.5) is 0 Å². The lowest BCUT2D eigenvalue weighted by Gasteiger charge is -2.13. The summed E-state index contributed by atoms with van der Waals surface area (Å²) in [5.74, 6) is 0. The van der Waals surface area contributed by atoms with E-state index in [0.717, 1.165) is 16.8 Å². The molecule has 132 valence electrons. The van der Waals surface area contributed by atoms with E-state index in [4.69, 9.17) is 4.98 Å². The highest BCUT2D eigenvalue weighted by Gasteiger charge is 2.17. The van der Waals surface area contributed by atoms with Gasteiger partial charge in [-0.2, -0.15) is 0 Å². The fourth-order valence-electron chi connectivity index (χ4n) is 4.31. The molecule has 0 amide bonds. The molecule has 0 bridgehead atoms. The quantitative estimate of drug-likeness (QED) is 0.268. The summed E-state index contributed by atoms with van der Waals surface area (Å²) in [6.45, 7) is 2.22. The fourth-order valence-corrected chi connectivity index (χ4v) is 5.49. The van der Waals surface area contributed by atoms with Crippen LogP contribution in [0.3, 0.4) is 0 Å². The number of hydrogen-bond acceptors (Lipinski definition) is 2. The molecule has 0 aliphatic heterocycles. The molecule has 0 spiro atoms. The summed E-state index contributed by atoms with van der Waals surface area (Å²) in [4.78, 5) is 5.09. The Labute approximate surface area is 166 Å². The van der Waals surface area contributed by atoms with Gasteiger partial charge >= 0.3 is 0 Å². The number of hydrogen-bond donors (Lipinski definition) is 0. The first-order valence-corrected chi connectivity index (χ1v) is 10.3. The number of pyridine rings is 1. The molecular weight excluding hydrogens is 358 g/mol. The number of aromatic nitrogens is 1. The summed E-state index contributed by atoms with van der Waals surface area (Å²) in [6.07, 6.45) is 0. The van der Waals surface area contributed by atoms with Crippen molar-refractivity contribution in [2.75, 3.05) is 0 Å². The molecule has 0 radical (unpaired) electrons. The van der Waals surface area contributed by atoms with Crippen LogP contribution in [-0.4, -0.2) is 4.98 Å². The van der Waals surface area contributed by atoms with Gasteiger partial charge in [0, 0.05) is 41.9 Å². The maximum Gasteiger partial charge on any atom is 0.0788 e. The van der Waals surface area contributed by atoms with Crippen molar-refractivity contribution in [3.8, 4) is 11.3 Å². The molecule has 0 fully saturated rings. The van der Waals surface area contributed by atoms with Crippen LogP contribution >= 0.6 is 11.3 Å². The zero-order chi connectivity index (χ0) is 18.7. The molecule has 2 heterocycles. The summed E-state index contributed by atoms with van der Waals surface area (Å²) in [6, 6.07) is 30.2. The third-order valence-corrected chi connectivity index (χ3v) is 6.85. The van der Waals surface area contributed by atoms with Crippen molar-refractivity contribution >= 4 is 53.2 Å². The Kier molecular flexibility index (Phi) is 3.32. The summed E-state index contributed by atoms with van der Waals surface area (Å²) in [5, 5.41) is 6.49. The van der Waals surface area contributed by atoms with E-state index in [1.54, 1.807) is 0 Å². The van der Waals surface area contributed by atoms with Gasteiger partial charge in [-0.15, -0.1) is 11.3 Å². The number of benzene rings is 4. The van der Waals surface area contributed by atoms with Gasteiger partial charge in [0.15, 0.2) is 0 Å². The van der Waals surface area contributed by atoms with E-state index in [0.29, 0.717) is 0 Å². The Bertz CT molecular complexity index is 1510. The van der Waals surface area contributed by atoms with Crippen molar-refractivity contribution in [2.45, 2.75) is 6.92 Å². The summed E-state index contributed by atoms with van der Waals surface area (Å²) < 4.78 is 2.72. The van der Waals surface area contributed by atoms with Gasteiger partial charge < -0.3 is 0 Å². The predicted molar refractivity (Wildman–Crippen MR) is 122 cm³/mol. The lowest BCUT2D eigenvalue weighted by Crippen LogP contribution is -1.91. The first kappa shape index (κ1) is 15.8. The molecule has 0 saturated heterocycles. The van der Waals surface area contributed by atoms with Crippen LogP contribution in [0.2, 0.25) is 0 Å². The summed E-state index contributed by atoms with van der Waals surface area (Å²) in [5.41, 5.74) is 4.60. The van der Waals surface area contributed by atoms with Gasteiger partial charge in [-0.1, -0.05) is 66.7 Å². The monoisotopic (exact) mass is 375 g/mol. The van der Waals surface area contributed by atoms with Crippen LogP contribution in [0.5, 0.6) is 0 Å². The third-order valence-electron chi connectivity index (χ3n) is 5.54. The highest BCUT2D eigenvalue weighted by Crippen LogP contribution is 2.44. The van der Waals surface area contributed by atoms with Gasteiger partial charge in [0.2, 0.25) is 0 Å². The minimum Gasteiger partial charge on any atom is -0.247 e. The Morgan fingerprint density at radius 3 is 2.25 bits per heavy atom. The maximum absolute atomic E-state index is 5.09. The number of aryl methyl sites for hydroxylation is 1. The number of para-hydroxylation sites is 1. The van der Waals surface area contributed by atoms with Crippen molar-refractivity contribution in [1.29, 1.82) is 0 Å². The second kappa shape index (κ2) is 5.88. The molecule has 0 aliphatic rings. The van der Waals surface area contributed by atoms with Crippen LogP contribution in [0.25, 0.3) is 53.1 Å². The molecule has 2 aromatic heterocycles. The molecule has 0 unspecified atom stereocenters. The molecule has 2 heteroatoms. The van der Waals surface area contributed by atoms with E-state index in [2.05, 4.69) is 91.9 Å². The molecule has 0 aliphatic carbocycles. The van der Waals surface area contributed by atoms with E-state index in [9.17, 15) is 0 Å². The highest BCUT2D eigenvalue weighted by atomic mass is 32.1. The van der Waals surface area contributed by atoms with Gasteiger partial charge in [0.05, 0.1) is 11.2 Å². The van der Waals surface area contributed by atoms with Crippen molar-refractivity contribution in [1.82, 2.24) is 4.98 Å². The number of fused-ring (bicyclic) bond motifs is 7. The normalized spacial score (nSPS) is 11.8. The number of nitrogens with zero attached hydrogens (tertiary/aromatic N) is 1. The maximum atomic E-state index is 5.09. The van der Waals surface area contributed by atoms with E-state index in [1.165, 1.54) is 41.9 Å². The van der Waals surface area contributed by atoms with Crippen LogP contribution in [-0.2, 0) is 0 Å². The average molecular weight is 375 g/mol. The van der Waals surface area contributed by atoms with Crippen LogP contribution in [0, 0.1) is 6.92 Å². The Morgan fingerprint density at radius 1 is 0.679 bits per heavy atom. The minimum absolute atomic E-state index is 1.05. The molecule has 6 aromatic rings. The molecule has 4 aromatic carbocycles. The first-order valence-electron chi connectivity index (χ1n) is 9.50. The van der Waals surface area contributed by atoms with Crippen LogP contribution in [0.15, 0.2) is 84.9 Å². The molecule has 6 rings (SSSR count). The van der Waals surface area contributed by atoms with E-state index < -0.39 is 0 Å². The zero-order valence-corrected chi connectivity index (χ0v) is 16.3. The van der Waals surface area contributed by atoms with Crippen LogP contribution in [0.1, 0.15) is 5.56 Å². The molecule has 0 atom stereocenters. The van der Waals surface area contributed by atoms with E-state index in [-0.39, 0.29) is 0 Å². The van der Waals surface area contributed by atoms with E-state index in [1.807, 2.05) is 11.3 Å². The third kappa shape index (κ3) is 2.15. The molecule has 1 nitrogen and oxygen atoms in total. The SMILES string of the molecule is Cc1cc2c(-c3ccccc3)nc3ccccc3c2c2c1sc1ccccc12. The highest BCUT2D eigenvalue weighted by molar-refractivity contribution is 7.26. The van der Waals surface area contributed by atoms with E-state index >= 15 is 0 Å². The molecule has 28 heavy (non-hydrogen) atoms. The fraction of sp³-hybridized carbons (Fsp3) is 0.0385. The van der Waals surface area contributed by atoms with Crippen LogP contribution < -0.4 is 0 Å². The lowest BCUT2D eigenvalue weighted by atomic mass is 9.94. The van der Waals surface area contributed by atoms with Crippen molar-refractivity contribution in [3.63, 3.8) is 0 Å². The zero-order valence-electron chi connectivity index (χ0n) is 15.4. The summed E-state index contributed by atoms with van der Waals surface area (Å²) >= 11 is 1.89. The van der Waals surface area contributed by atoms with Gasteiger partial charge in [-0.3, -0.25) is 0 Å². The minimum atomic E-state index is 1.05. The Morgan fingerprint density at radius 2 is 1.39 bits per heavy atom. The Balaban J connectivity index is 1.95. The number of thiophene rings is 1. The molecule has 0 N–H and O–H groups in total. The second-order valence-corrected chi connectivity index (χ2v) is 8.31. The van der Waals surface area contributed by atoms with Crippen molar-refractivity contribution < 1.29 is 0 Å². The summed E-state index contributed by atoms with van der Waals surface area (Å²) in [7, 11) is 0. The van der Waals surface area contributed by atoms with Gasteiger partial charge in [0.25, 0.3) is 0 Å². The topological polar surface area (TPSA) is 12.9 Å². The van der Waals surface area contributed by atoms with Crippen molar-refractivity contribution in [2.24, 2.45) is 0 Å². The average Bonchev–Trinajstić information content (AvgIpc) is 3.14. The number of rotatable bonds is 1. The second-order valence-electron chi connectivity index (χ2n) is 7.26. The van der Waals surface area contributed by atoms with Gasteiger partial charge in [-0.25, -0.2) is 4.98 Å².